The first-order valence-corrected chi connectivity index (χ1v) is 8.43. The standard InChI is InChI=1S/C17H21N5O3/c1-13-9-18-19-22(13)11-17(23)21-6-4-20(5-7-21)10-14-2-3-15-16(8-14)25-12-24-15/h2-3,8-9H,4-7,10-12H2,1H3. The third-order valence-electron chi connectivity index (χ3n) is 4.66. The molecule has 2 aromatic rings. The van der Waals surface area contributed by atoms with Crippen LogP contribution in [0.1, 0.15) is 11.3 Å². The number of nitrogens with zero attached hydrogens (tertiary/aromatic N) is 5. The number of hydrogen-bond donors (Lipinski definition) is 0. The lowest BCUT2D eigenvalue weighted by molar-refractivity contribution is -0.133. The monoisotopic (exact) mass is 343 g/mol. The number of ether oxygens (including phenoxy) is 2. The molecule has 1 amide bonds. The fraction of sp³-hybridized carbons (Fsp3) is 0.471. The molecule has 1 aromatic heterocycles. The lowest BCUT2D eigenvalue weighted by Crippen LogP contribution is -2.49. The van der Waals surface area contributed by atoms with Crippen LogP contribution in [0.5, 0.6) is 11.5 Å². The Balaban J connectivity index is 1.29. The number of carbonyl (C=O) groups excluding carboxylic acids is 1. The fourth-order valence-corrected chi connectivity index (χ4v) is 3.15. The number of benzene rings is 1. The van der Waals surface area contributed by atoms with E-state index in [1.54, 1.807) is 10.9 Å². The molecule has 1 aromatic carbocycles. The van der Waals surface area contributed by atoms with E-state index in [-0.39, 0.29) is 12.5 Å². The van der Waals surface area contributed by atoms with Gasteiger partial charge in [-0.3, -0.25) is 9.69 Å². The summed E-state index contributed by atoms with van der Waals surface area (Å²) in [5.41, 5.74) is 2.09. The van der Waals surface area contributed by atoms with Crippen molar-refractivity contribution in [2.75, 3.05) is 33.0 Å². The van der Waals surface area contributed by atoms with Crippen LogP contribution in [0.3, 0.4) is 0 Å². The van der Waals surface area contributed by atoms with Gasteiger partial charge in [-0.25, -0.2) is 4.68 Å². The van der Waals surface area contributed by atoms with Gasteiger partial charge in [0.05, 0.1) is 11.9 Å². The maximum atomic E-state index is 12.4. The molecule has 0 N–H and O–H groups in total. The topological polar surface area (TPSA) is 72.7 Å². The van der Waals surface area contributed by atoms with Gasteiger partial charge in [0.1, 0.15) is 6.54 Å². The summed E-state index contributed by atoms with van der Waals surface area (Å²) in [6, 6.07) is 6.06. The number of rotatable bonds is 4. The normalized spacial score (nSPS) is 17.1. The summed E-state index contributed by atoms with van der Waals surface area (Å²) in [7, 11) is 0. The Bertz CT molecular complexity index is 767. The third-order valence-corrected chi connectivity index (χ3v) is 4.66. The molecule has 132 valence electrons. The summed E-state index contributed by atoms with van der Waals surface area (Å²) in [4.78, 5) is 16.6. The van der Waals surface area contributed by atoms with Crippen LogP contribution in [0.2, 0.25) is 0 Å². The van der Waals surface area contributed by atoms with Crippen molar-refractivity contribution < 1.29 is 14.3 Å². The van der Waals surface area contributed by atoms with Crippen LogP contribution in [0.15, 0.2) is 24.4 Å². The minimum absolute atomic E-state index is 0.0938. The van der Waals surface area contributed by atoms with E-state index in [1.807, 2.05) is 24.0 Å². The summed E-state index contributed by atoms with van der Waals surface area (Å²) >= 11 is 0. The van der Waals surface area contributed by atoms with Gasteiger partial charge < -0.3 is 14.4 Å². The summed E-state index contributed by atoms with van der Waals surface area (Å²) in [6.07, 6.45) is 1.66. The quantitative estimate of drug-likeness (QED) is 0.812. The Morgan fingerprint density at radius 1 is 1.16 bits per heavy atom. The molecule has 1 saturated heterocycles. The minimum Gasteiger partial charge on any atom is -0.454 e. The van der Waals surface area contributed by atoms with Gasteiger partial charge in [0.15, 0.2) is 11.5 Å². The first-order chi connectivity index (χ1) is 12.2. The molecule has 2 aliphatic rings. The smallest absolute Gasteiger partial charge is 0.244 e. The number of amides is 1. The molecule has 8 heteroatoms. The Morgan fingerprint density at radius 2 is 1.96 bits per heavy atom. The number of hydrogen-bond acceptors (Lipinski definition) is 6. The van der Waals surface area contributed by atoms with Crippen molar-refractivity contribution in [2.45, 2.75) is 20.0 Å². The van der Waals surface area contributed by atoms with Gasteiger partial charge in [0.25, 0.3) is 0 Å². The highest BCUT2D eigenvalue weighted by molar-refractivity contribution is 5.76. The summed E-state index contributed by atoms with van der Waals surface area (Å²) in [5, 5.41) is 7.75. The number of fused-ring (bicyclic) bond motifs is 1. The zero-order valence-corrected chi connectivity index (χ0v) is 14.2. The summed E-state index contributed by atoms with van der Waals surface area (Å²) in [6.45, 7) is 6.48. The lowest BCUT2D eigenvalue weighted by atomic mass is 10.1. The van der Waals surface area contributed by atoms with Crippen molar-refractivity contribution in [2.24, 2.45) is 0 Å². The fourth-order valence-electron chi connectivity index (χ4n) is 3.15. The Labute approximate surface area is 145 Å². The van der Waals surface area contributed by atoms with Crippen LogP contribution >= 0.6 is 0 Å². The molecule has 0 saturated carbocycles. The molecular formula is C17H21N5O3. The van der Waals surface area contributed by atoms with Crippen molar-refractivity contribution in [1.29, 1.82) is 0 Å². The van der Waals surface area contributed by atoms with E-state index in [0.717, 1.165) is 49.9 Å². The molecule has 1 fully saturated rings. The second kappa shape index (κ2) is 6.72. The molecule has 0 spiro atoms. The van der Waals surface area contributed by atoms with Crippen molar-refractivity contribution in [1.82, 2.24) is 24.8 Å². The van der Waals surface area contributed by atoms with Crippen molar-refractivity contribution in [3.05, 3.63) is 35.7 Å². The van der Waals surface area contributed by atoms with E-state index in [0.29, 0.717) is 6.79 Å². The predicted octanol–water partition coefficient (Wildman–Crippen LogP) is 0.660. The van der Waals surface area contributed by atoms with Gasteiger partial charge in [-0.05, 0) is 24.6 Å². The zero-order chi connectivity index (χ0) is 17.2. The van der Waals surface area contributed by atoms with Crippen LogP contribution in [0.25, 0.3) is 0 Å². The summed E-state index contributed by atoms with van der Waals surface area (Å²) < 4.78 is 12.4. The molecule has 2 aliphatic heterocycles. The second-order valence-corrected chi connectivity index (χ2v) is 6.38. The lowest BCUT2D eigenvalue weighted by Gasteiger charge is -2.34. The average molecular weight is 343 g/mol. The van der Waals surface area contributed by atoms with Crippen LogP contribution < -0.4 is 9.47 Å². The molecule has 3 heterocycles. The first kappa shape index (κ1) is 15.9. The third kappa shape index (κ3) is 3.43. The van der Waals surface area contributed by atoms with E-state index < -0.39 is 0 Å². The van der Waals surface area contributed by atoms with Gasteiger partial charge >= 0.3 is 0 Å². The molecule has 0 aliphatic carbocycles. The van der Waals surface area contributed by atoms with Gasteiger partial charge in [-0.15, -0.1) is 5.10 Å². The first-order valence-electron chi connectivity index (χ1n) is 8.43. The van der Waals surface area contributed by atoms with Crippen molar-refractivity contribution in [3.8, 4) is 11.5 Å². The predicted molar refractivity (Wildman–Crippen MR) is 89.2 cm³/mol. The molecule has 25 heavy (non-hydrogen) atoms. The number of aromatic nitrogens is 3. The summed E-state index contributed by atoms with van der Waals surface area (Å²) in [5.74, 6) is 1.72. The molecule has 8 nitrogen and oxygen atoms in total. The van der Waals surface area contributed by atoms with E-state index in [2.05, 4.69) is 21.3 Å². The average Bonchev–Trinajstić information content (AvgIpc) is 3.24. The highest BCUT2D eigenvalue weighted by Gasteiger charge is 2.22. The maximum absolute atomic E-state index is 12.4. The zero-order valence-electron chi connectivity index (χ0n) is 14.2. The molecule has 0 bridgehead atoms. The molecule has 0 unspecified atom stereocenters. The van der Waals surface area contributed by atoms with Gasteiger partial charge in [-0.1, -0.05) is 11.3 Å². The Hall–Kier alpha value is -2.61. The molecular weight excluding hydrogens is 322 g/mol. The minimum atomic E-state index is 0.0938. The molecule has 0 radical (unpaired) electrons. The number of carbonyl (C=O) groups is 1. The van der Waals surface area contributed by atoms with Crippen LogP contribution in [0, 0.1) is 6.92 Å². The highest BCUT2D eigenvalue weighted by Crippen LogP contribution is 2.32. The van der Waals surface area contributed by atoms with Crippen molar-refractivity contribution >= 4 is 5.91 Å². The van der Waals surface area contributed by atoms with Crippen LogP contribution in [0.4, 0.5) is 0 Å². The van der Waals surface area contributed by atoms with E-state index in [9.17, 15) is 4.79 Å². The van der Waals surface area contributed by atoms with Crippen LogP contribution in [-0.2, 0) is 17.9 Å². The number of piperazine rings is 1. The van der Waals surface area contributed by atoms with Crippen LogP contribution in [-0.4, -0.2) is 63.7 Å². The maximum Gasteiger partial charge on any atom is 0.244 e. The van der Waals surface area contributed by atoms with Gasteiger partial charge in [0, 0.05) is 32.7 Å². The Kier molecular flexibility index (Phi) is 4.27. The van der Waals surface area contributed by atoms with Gasteiger partial charge in [-0.2, -0.15) is 0 Å². The number of aryl methyl sites for hydroxylation is 1. The van der Waals surface area contributed by atoms with E-state index in [1.165, 1.54) is 5.56 Å². The van der Waals surface area contributed by atoms with Crippen molar-refractivity contribution in [3.63, 3.8) is 0 Å². The highest BCUT2D eigenvalue weighted by atomic mass is 16.7. The van der Waals surface area contributed by atoms with Gasteiger partial charge in [0.2, 0.25) is 12.7 Å². The Morgan fingerprint density at radius 3 is 2.72 bits per heavy atom. The SMILES string of the molecule is Cc1cnnn1CC(=O)N1CCN(Cc2ccc3c(c2)OCO3)CC1. The largest absolute Gasteiger partial charge is 0.454 e. The molecule has 4 rings (SSSR count). The second-order valence-electron chi connectivity index (χ2n) is 6.38. The van der Waals surface area contributed by atoms with E-state index >= 15 is 0 Å². The molecule has 0 atom stereocenters. The van der Waals surface area contributed by atoms with E-state index in [4.69, 9.17) is 9.47 Å².